The summed E-state index contributed by atoms with van der Waals surface area (Å²) in [4.78, 5) is 14.4. The summed E-state index contributed by atoms with van der Waals surface area (Å²) in [5.41, 5.74) is 0.806. The first-order chi connectivity index (χ1) is 9.10. The quantitative estimate of drug-likeness (QED) is 0.837. The number of hydrogen-bond acceptors (Lipinski definition) is 2. The van der Waals surface area contributed by atoms with Crippen molar-refractivity contribution in [2.75, 3.05) is 21.2 Å². The fraction of sp³-hybridized carbons (Fsp3) is 0.562. The Morgan fingerprint density at radius 1 is 1.11 bits per heavy atom. The van der Waals surface area contributed by atoms with E-state index in [1.165, 1.54) is 6.42 Å². The van der Waals surface area contributed by atoms with Gasteiger partial charge in [0.15, 0.2) is 0 Å². The zero-order valence-electron chi connectivity index (χ0n) is 12.1. The van der Waals surface area contributed by atoms with Crippen LogP contribution >= 0.6 is 0 Å². The summed E-state index contributed by atoms with van der Waals surface area (Å²) in [6, 6.07) is 8.00. The van der Waals surface area contributed by atoms with E-state index >= 15 is 0 Å². The number of hydrogen-bond donors (Lipinski definition) is 0. The highest BCUT2D eigenvalue weighted by atomic mass is 16.5. The Hall–Kier alpha value is -1.51. The first-order valence-electron chi connectivity index (χ1n) is 6.96. The zero-order chi connectivity index (χ0) is 13.9. The third-order valence-corrected chi connectivity index (χ3v) is 4.17. The minimum atomic E-state index is -0.325. The summed E-state index contributed by atoms with van der Waals surface area (Å²) in [6.45, 7) is 0. The molecule has 0 unspecified atom stereocenters. The van der Waals surface area contributed by atoms with E-state index in [9.17, 15) is 4.79 Å². The molecule has 104 valence electrons. The van der Waals surface area contributed by atoms with E-state index in [0.29, 0.717) is 0 Å². The summed E-state index contributed by atoms with van der Waals surface area (Å²) in [5, 5.41) is 0. The zero-order valence-corrected chi connectivity index (χ0v) is 12.1. The van der Waals surface area contributed by atoms with Crippen LogP contribution < -0.4 is 4.74 Å². The second kappa shape index (κ2) is 5.64. The van der Waals surface area contributed by atoms with Gasteiger partial charge in [-0.25, -0.2) is 0 Å². The van der Waals surface area contributed by atoms with Crippen molar-refractivity contribution in [3.05, 3.63) is 29.8 Å². The van der Waals surface area contributed by atoms with E-state index in [1.54, 1.807) is 12.0 Å². The summed E-state index contributed by atoms with van der Waals surface area (Å²) < 4.78 is 5.20. The molecule has 19 heavy (non-hydrogen) atoms. The van der Waals surface area contributed by atoms with Gasteiger partial charge in [-0.1, -0.05) is 31.4 Å². The molecule has 3 heteroatoms. The minimum absolute atomic E-state index is 0.234. The molecule has 1 aromatic rings. The lowest BCUT2D eigenvalue weighted by atomic mass is 9.68. The number of methoxy groups -OCH3 is 1. The van der Waals surface area contributed by atoms with Gasteiger partial charge in [0.25, 0.3) is 0 Å². The molecule has 0 N–H and O–H groups in total. The predicted octanol–water partition coefficient (Wildman–Crippen LogP) is 2.99. The number of benzene rings is 1. The van der Waals surface area contributed by atoms with Crippen molar-refractivity contribution < 1.29 is 9.53 Å². The summed E-state index contributed by atoms with van der Waals surface area (Å²) in [7, 11) is 5.36. The average Bonchev–Trinajstić information content (AvgIpc) is 2.47. The van der Waals surface area contributed by atoms with Crippen LogP contribution in [-0.2, 0) is 10.2 Å². The van der Waals surface area contributed by atoms with E-state index < -0.39 is 0 Å². The SMILES string of the molecule is COc1ccc(C2(C(=O)N(C)C)CCCCC2)cc1. The van der Waals surface area contributed by atoms with E-state index in [-0.39, 0.29) is 11.3 Å². The number of carbonyl (C=O) groups is 1. The second-order valence-electron chi connectivity index (χ2n) is 5.57. The second-order valence-corrected chi connectivity index (χ2v) is 5.57. The molecular formula is C16H23NO2. The molecule has 1 amide bonds. The topological polar surface area (TPSA) is 29.5 Å². The van der Waals surface area contributed by atoms with Gasteiger partial charge in [0.1, 0.15) is 5.75 Å². The van der Waals surface area contributed by atoms with Crippen LogP contribution in [0.1, 0.15) is 37.7 Å². The maximum atomic E-state index is 12.7. The Morgan fingerprint density at radius 2 is 1.68 bits per heavy atom. The minimum Gasteiger partial charge on any atom is -0.497 e. The predicted molar refractivity (Wildman–Crippen MR) is 76.5 cm³/mol. The Balaban J connectivity index is 2.38. The Labute approximate surface area is 115 Å². The smallest absolute Gasteiger partial charge is 0.232 e. The fourth-order valence-electron chi connectivity index (χ4n) is 3.12. The van der Waals surface area contributed by atoms with Crippen LogP contribution in [0, 0.1) is 0 Å². The number of ether oxygens (including phenoxy) is 1. The van der Waals surface area contributed by atoms with Crippen molar-refractivity contribution in [2.24, 2.45) is 0 Å². The monoisotopic (exact) mass is 261 g/mol. The van der Waals surface area contributed by atoms with Crippen LogP contribution in [0.25, 0.3) is 0 Å². The van der Waals surface area contributed by atoms with Gasteiger partial charge in [0.2, 0.25) is 5.91 Å². The molecule has 0 atom stereocenters. The lowest BCUT2D eigenvalue weighted by Gasteiger charge is -2.38. The molecule has 1 aromatic carbocycles. The van der Waals surface area contributed by atoms with E-state index in [4.69, 9.17) is 4.74 Å². The molecular weight excluding hydrogens is 238 g/mol. The molecule has 0 saturated heterocycles. The lowest BCUT2D eigenvalue weighted by Crippen LogP contribution is -2.45. The van der Waals surface area contributed by atoms with Gasteiger partial charge >= 0.3 is 0 Å². The largest absolute Gasteiger partial charge is 0.497 e. The van der Waals surface area contributed by atoms with Crippen LogP contribution in [0.5, 0.6) is 5.75 Å². The van der Waals surface area contributed by atoms with Gasteiger partial charge < -0.3 is 9.64 Å². The highest BCUT2D eigenvalue weighted by Gasteiger charge is 2.41. The Kier molecular flexibility index (Phi) is 4.13. The van der Waals surface area contributed by atoms with Crippen LogP contribution in [0.3, 0.4) is 0 Å². The lowest BCUT2D eigenvalue weighted by molar-refractivity contribution is -0.136. The van der Waals surface area contributed by atoms with Gasteiger partial charge in [0.05, 0.1) is 12.5 Å². The van der Waals surface area contributed by atoms with Crippen LogP contribution in [-0.4, -0.2) is 32.0 Å². The van der Waals surface area contributed by atoms with E-state index in [2.05, 4.69) is 0 Å². The highest BCUT2D eigenvalue weighted by molar-refractivity contribution is 5.88. The maximum Gasteiger partial charge on any atom is 0.232 e. The molecule has 1 aliphatic carbocycles. The van der Waals surface area contributed by atoms with Crippen LogP contribution in [0.15, 0.2) is 24.3 Å². The molecule has 0 heterocycles. The van der Waals surface area contributed by atoms with E-state index in [1.807, 2.05) is 38.4 Å². The standard InChI is InChI=1S/C16H23NO2/c1-17(2)15(18)16(11-5-4-6-12-16)13-7-9-14(19-3)10-8-13/h7-10H,4-6,11-12H2,1-3H3. The number of nitrogens with zero attached hydrogens (tertiary/aromatic N) is 1. The molecule has 0 aliphatic heterocycles. The molecule has 1 saturated carbocycles. The first kappa shape index (κ1) is 13.9. The number of rotatable bonds is 3. The van der Waals surface area contributed by atoms with Gasteiger partial charge in [-0.05, 0) is 30.5 Å². The van der Waals surface area contributed by atoms with Crippen molar-refractivity contribution in [1.82, 2.24) is 4.90 Å². The highest BCUT2D eigenvalue weighted by Crippen LogP contribution is 2.41. The molecule has 0 bridgehead atoms. The van der Waals surface area contributed by atoms with Crippen LogP contribution in [0.4, 0.5) is 0 Å². The Bertz CT molecular complexity index is 431. The van der Waals surface area contributed by atoms with Gasteiger partial charge in [-0.15, -0.1) is 0 Å². The molecule has 1 aliphatic rings. The fourth-order valence-corrected chi connectivity index (χ4v) is 3.12. The van der Waals surface area contributed by atoms with Gasteiger partial charge in [0, 0.05) is 14.1 Å². The third-order valence-electron chi connectivity index (χ3n) is 4.17. The van der Waals surface area contributed by atoms with Crippen molar-refractivity contribution in [1.29, 1.82) is 0 Å². The third kappa shape index (κ3) is 2.60. The molecule has 1 fully saturated rings. The summed E-state index contributed by atoms with van der Waals surface area (Å²) in [6.07, 6.45) is 5.41. The van der Waals surface area contributed by atoms with E-state index in [0.717, 1.165) is 37.0 Å². The van der Waals surface area contributed by atoms with Gasteiger partial charge in [-0.3, -0.25) is 4.79 Å². The normalized spacial score (nSPS) is 17.8. The first-order valence-corrected chi connectivity index (χ1v) is 6.96. The summed E-state index contributed by atoms with van der Waals surface area (Å²) >= 11 is 0. The van der Waals surface area contributed by atoms with Gasteiger partial charge in [-0.2, -0.15) is 0 Å². The van der Waals surface area contributed by atoms with Crippen molar-refractivity contribution >= 4 is 5.91 Å². The molecule has 3 nitrogen and oxygen atoms in total. The van der Waals surface area contributed by atoms with Crippen molar-refractivity contribution in [3.63, 3.8) is 0 Å². The molecule has 0 radical (unpaired) electrons. The van der Waals surface area contributed by atoms with Crippen molar-refractivity contribution in [3.8, 4) is 5.75 Å². The van der Waals surface area contributed by atoms with Crippen LogP contribution in [0.2, 0.25) is 0 Å². The average molecular weight is 261 g/mol. The summed E-state index contributed by atoms with van der Waals surface area (Å²) in [5.74, 6) is 1.07. The number of carbonyl (C=O) groups excluding carboxylic acids is 1. The van der Waals surface area contributed by atoms with Crippen molar-refractivity contribution in [2.45, 2.75) is 37.5 Å². The number of likely N-dealkylation sites (N-methyl/N-ethyl adjacent to an activating group) is 1. The molecule has 0 aromatic heterocycles. The Morgan fingerprint density at radius 3 is 2.16 bits per heavy atom. The maximum absolute atomic E-state index is 12.7. The number of amides is 1. The molecule has 2 rings (SSSR count). The molecule has 0 spiro atoms.